The normalized spacial score (nSPS) is 17.5. The molecule has 130 valence electrons. The zero-order valence-corrected chi connectivity index (χ0v) is 14.6. The first-order valence-corrected chi connectivity index (χ1v) is 9.29. The van der Waals surface area contributed by atoms with Crippen molar-refractivity contribution in [3.8, 4) is 0 Å². The molecule has 0 bridgehead atoms. The Morgan fingerprint density at radius 1 is 1.30 bits per heavy atom. The molecule has 0 amide bonds. The van der Waals surface area contributed by atoms with Crippen LogP contribution in [0.25, 0.3) is 0 Å². The predicted octanol–water partition coefficient (Wildman–Crippen LogP) is 2.54. The maximum Gasteiger partial charge on any atom is 0.243 e. The molecule has 23 heavy (non-hydrogen) atoms. The Labute approximate surface area is 141 Å². The minimum Gasteiger partial charge on any atom is -0.382 e. The van der Waals surface area contributed by atoms with Crippen molar-refractivity contribution in [2.45, 2.75) is 17.7 Å². The first kappa shape index (κ1) is 18.6. The quantitative estimate of drug-likeness (QED) is 0.697. The van der Waals surface area contributed by atoms with E-state index in [1.807, 2.05) is 0 Å². The molecule has 1 heterocycles. The van der Waals surface area contributed by atoms with E-state index >= 15 is 0 Å². The largest absolute Gasteiger partial charge is 0.382 e. The standard InChI is InChI=1S/C15H21ClFNO4S/c1-21-8-9-22-11-12-4-6-18(7-5-12)23(19,20)13-2-3-15(17)14(16)10-13/h2-3,10,12H,4-9,11H2,1H3. The van der Waals surface area contributed by atoms with Gasteiger partial charge in [0.2, 0.25) is 10.0 Å². The zero-order valence-electron chi connectivity index (χ0n) is 13.0. The summed E-state index contributed by atoms with van der Waals surface area (Å²) in [5, 5.41) is -0.187. The average molecular weight is 366 g/mol. The van der Waals surface area contributed by atoms with Crippen LogP contribution in [-0.4, -0.2) is 52.7 Å². The van der Waals surface area contributed by atoms with Gasteiger partial charge in [-0.1, -0.05) is 11.6 Å². The van der Waals surface area contributed by atoms with Crippen LogP contribution in [0.1, 0.15) is 12.8 Å². The van der Waals surface area contributed by atoms with E-state index in [4.69, 9.17) is 21.1 Å². The average Bonchev–Trinajstić information content (AvgIpc) is 2.54. The summed E-state index contributed by atoms with van der Waals surface area (Å²) in [6.45, 7) is 2.56. The molecule has 0 aromatic heterocycles. The molecular formula is C15H21ClFNO4S. The molecular weight excluding hydrogens is 345 g/mol. The first-order chi connectivity index (χ1) is 10.9. The van der Waals surface area contributed by atoms with E-state index in [0.29, 0.717) is 38.8 Å². The lowest BCUT2D eigenvalue weighted by Crippen LogP contribution is -2.39. The van der Waals surface area contributed by atoms with Gasteiger partial charge < -0.3 is 9.47 Å². The van der Waals surface area contributed by atoms with Crippen molar-refractivity contribution in [1.82, 2.24) is 4.31 Å². The lowest BCUT2D eigenvalue weighted by molar-refractivity contribution is 0.0410. The van der Waals surface area contributed by atoms with E-state index < -0.39 is 15.8 Å². The third-order valence-corrected chi connectivity index (χ3v) is 6.07. The molecule has 0 spiro atoms. The van der Waals surface area contributed by atoms with Crippen LogP contribution in [0.3, 0.4) is 0 Å². The van der Waals surface area contributed by atoms with Crippen LogP contribution in [0.15, 0.2) is 23.1 Å². The Morgan fingerprint density at radius 3 is 2.61 bits per heavy atom. The summed E-state index contributed by atoms with van der Waals surface area (Å²) in [6.07, 6.45) is 1.47. The molecule has 1 aliphatic heterocycles. The number of halogens is 2. The van der Waals surface area contributed by atoms with Gasteiger partial charge >= 0.3 is 0 Å². The van der Waals surface area contributed by atoms with E-state index in [-0.39, 0.29) is 9.92 Å². The Kier molecular flexibility index (Phi) is 6.79. The zero-order chi connectivity index (χ0) is 16.9. The number of rotatable bonds is 7. The van der Waals surface area contributed by atoms with Crippen molar-refractivity contribution in [3.63, 3.8) is 0 Å². The second-order valence-electron chi connectivity index (χ2n) is 5.49. The number of methoxy groups -OCH3 is 1. The molecule has 0 unspecified atom stereocenters. The van der Waals surface area contributed by atoms with Gasteiger partial charge in [0.15, 0.2) is 0 Å². The summed E-state index contributed by atoms with van der Waals surface area (Å²) in [5.74, 6) is -0.285. The van der Waals surface area contributed by atoms with Gasteiger partial charge in [-0.3, -0.25) is 0 Å². The fraction of sp³-hybridized carbons (Fsp3) is 0.600. The Morgan fingerprint density at radius 2 is 2.00 bits per heavy atom. The summed E-state index contributed by atoms with van der Waals surface area (Å²) < 4.78 is 50.1. The van der Waals surface area contributed by atoms with Crippen molar-refractivity contribution in [2.24, 2.45) is 5.92 Å². The van der Waals surface area contributed by atoms with Crippen LogP contribution in [0, 0.1) is 11.7 Å². The summed E-state index contributed by atoms with van der Waals surface area (Å²) in [5.41, 5.74) is 0. The molecule has 1 aromatic carbocycles. The van der Waals surface area contributed by atoms with E-state index in [2.05, 4.69) is 0 Å². The van der Waals surface area contributed by atoms with Gasteiger partial charge in [0.05, 0.1) is 23.1 Å². The second-order valence-corrected chi connectivity index (χ2v) is 7.84. The van der Waals surface area contributed by atoms with Crippen LogP contribution in [-0.2, 0) is 19.5 Å². The predicted molar refractivity (Wildman–Crippen MR) is 85.6 cm³/mol. The lowest BCUT2D eigenvalue weighted by Gasteiger charge is -2.31. The van der Waals surface area contributed by atoms with Gasteiger partial charge in [0.25, 0.3) is 0 Å². The van der Waals surface area contributed by atoms with Crippen LogP contribution in [0.4, 0.5) is 4.39 Å². The summed E-state index contributed by atoms with van der Waals surface area (Å²) in [7, 11) is -2.01. The molecule has 0 aliphatic carbocycles. The molecule has 0 atom stereocenters. The van der Waals surface area contributed by atoms with Gasteiger partial charge in [-0.15, -0.1) is 0 Å². The molecule has 0 radical (unpaired) electrons. The highest BCUT2D eigenvalue weighted by molar-refractivity contribution is 7.89. The number of ether oxygens (including phenoxy) is 2. The Balaban J connectivity index is 1.92. The molecule has 1 aliphatic rings. The van der Waals surface area contributed by atoms with Gasteiger partial charge in [-0.2, -0.15) is 4.31 Å². The summed E-state index contributed by atoms with van der Waals surface area (Å²) >= 11 is 5.68. The lowest BCUT2D eigenvalue weighted by atomic mass is 9.99. The highest BCUT2D eigenvalue weighted by Crippen LogP contribution is 2.26. The van der Waals surface area contributed by atoms with Crippen LogP contribution < -0.4 is 0 Å². The van der Waals surface area contributed by atoms with Crippen molar-refractivity contribution in [3.05, 3.63) is 29.0 Å². The molecule has 5 nitrogen and oxygen atoms in total. The van der Waals surface area contributed by atoms with Crippen molar-refractivity contribution in [2.75, 3.05) is 40.0 Å². The van der Waals surface area contributed by atoms with Gasteiger partial charge in [-0.05, 0) is 37.0 Å². The number of nitrogens with zero attached hydrogens (tertiary/aromatic N) is 1. The van der Waals surface area contributed by atoms with Crippen molar-refractivity contribution < 1.29 is 22.3 Å². The molecule has 1 saturated heterocycles. The topological polar surface area (TPSA) is 55.8 Å². The minimum absolute atomic E-state index is 0.0266. The molecule has 1 aromatic rings. The van der Waals surface area contributed by atoms with Crippen molar-refractivity contribution >= 4 is 21.6 Å². The van der Waals surface area contributed by atoms with Gasteiger partial charge in [0.1, 0.15) is 5.82 Å². The molecule has 2 rings (SSSR count). The maximum atomic E-state index is 13.2. The van der Waals surface area contributed by atoms with Crippen LogP contribution in [0.2, 0.25) is 5.02 Å². The van der Waals surface area contributed by atoms with E-state index in [1.54, 1.807) is 7.11 Å². The minimum atomic E-state index is -3.63. The molecule has 1 fully saturated rings. The van der Waals surface area contributed by atoms with E-state index in [0.717, 1.165) is 25.0 Å². The second kappa shape index (κ2) is 8.39. The van der Waals surface area contributed by atoms with Gasteiger partial charge in [0, 0.05) is 26.8 Å². The SMILES string of the molecule is COCCOCC1CCN(S(=O)(=O)c2ccc(F)c(Cl)c2)CC1. The van der Waals surface area contributed by atoms with E-state index in [9.17, 15) is 12.8 Å². The molecule has 0 N–H and O–H groups in total. The molecule has 8 heteroatoms. The van der Waals surface area contributed by atoms with Gasteiger partial charge in [-0.25, -0.2) is 12.8 Å². The van der Waals surface area contributed by atoms with Crippen LogP contribution >= 0.6 is 11.6 Å². The summed E-state index contributed by atoms with van der Waals surface area (Å²) in [6, 6.07) is 3.48. The summed E-state index contributed by atoms with van der Waals surface area (Å²) in [4.78, 5) is 0.0266. The van der Waals surface area contributed by atoms with Crippen LogP contribution in [0.5, 0.6) is 0 Å². The monoisotopic (exact) mass is 365 g/mol. The Hall–Kier alpha value is -0.730. The number of hydrogen-bond acceptors (Lipinski definition) is 4. The smallest absolute Gasteiger partial charge is 0.243 e. The van der Waals surface area contributed by atoms with E-state index in [1.165, 1.54) is 10.4 Å². The third kappa shape index (κ3) is 4.87. The van der Waals surface area contributed by atoms with Crippen molar-refractivity contribution in [1.29, 1.82) is 0 Å². The maximum absolute atomic E-state index is 13.2. The fourth-order valence-electron chi connectivity index (χ4n) is 2.49. The third-order valence-electron chi connectivity index (χ3n) is 3.89. The fourth-order valence-corrected chi connectivity index (χ4v) is 4.24. The number of benzene rings is 1. The Bertz CT molecular complexity index is 618. The number of piperidine rings is 1. The first-order valence-electron chi connectivity index (χ1n) is 7.47. The highest BCUT2D eigenvalue weighted by Gasteiger charge is 2.29. The number of hydrogen-bond donors (Lipinski definition) is 0. The highest BCUT2D eigenvalue weighted by atomic mass is 35.5. The molecule has 0 saturated carbocycles. The number of sulfonamides is 1.